The van der Waals surface area contributed by atoms with Crippen molar-refractivity contribution in [1.82, 2.24) is 4.98 Å². The second-order valence-electron chi connectivity index (χ2n) is 2.95. The van der Waals surface area contributed by atoms with Crippen molar-refractivity contribution < 1.29 is 9.84 Å². The molecule has 1 atom stereocenters. The molecule has 0 aliphatic heterocycles. The highest BCUT2D eigenvalue weighted by Crippen LogP contribution is 2.17. The van der Waals surface area contributed by atoms with Crippen LogP contribution < -0.4 is 0 Å². The Morgan fingerprint density at radius 1 is 1.57 bits per heavy atom. The summed E-state index contributed by atoms with van der Waals surface area (Å²) in [5, 5.41) is 10.2. The summed E-state index contributed by atoms with van der Waals surface area (Å²) in [6.07, 6.45) is 1.26. The lowest BCUT2D eigenvalue weighted by Gasteiger charge is -2.04. The first-order valence-corrected chi connectivity index (χ1v) is 5.48. The van der Waals surface area contributed by atoms with Gasteiger partial charge in [0.1, 0.15) is 0 Å². The maximum Gasteiger partial charge on any atom is 0.0960 e. The second kappa shape index (κ2) is 6.01. The van der Waals surface area contributed by atoms with Crippen LogP contribution in [0, 0.1) is 0 Å². The summed E-state index contributed by atoms with van der Waals surface area (Å²) in [7, 11) is 1.69. The normalized spacial score (nSPS) is 12.8. The van der Waals surface area contributed by atoms with Gasteiger partial charge in [-0.1, -0.05) is 6.07 Å². The molecule has 0 amide bonds. The number of nitrogens with zero attached hydrogens (tertiary/aromatic N) is 1. The fourth-order valence-electron chi connectivity index (χ4n) is 0.954. The van der Waals surface area contributed by atoms with Gasteiger partial charge in [0.25, 0.3) is 0 Å². The van der Waals surface area contributed by atoms with Crippen LogP contribution >= 0.6 is 11.8 Å². The molecule has 1 heterocycles. The first-order chi connectivity index (χ1) is 6.74. The van der Waals surface area contributed by atoms with E-state index >= 15 is 0 Å². The predicted molar refractivity (Wildman–Crippen MR) is 57.5 cm³/mol. The number of pyridine rings is 1. The van der Waals surface area contributed by atoms with E-state index in [0.717, 1.165) is 22.9 Å². The number of rotatable bonds is 5. The van der Waals surface area contributed by atoms with Gasteiger partial charge in [0, 0.05) is 19.1 Å². The topological polar surface area (TPSA) is 42.4 Å². The first-order valence-electron chi connectivity index (χ1n) is 4.50. The molecule has 0 aliphatic rings. The molecule has 1 N–H and O–H groups in total. The quantitative estimate of drug-likeness (QED) is 0.599. The van der Waals surface area contributed by atoms with Crippen LogP contribution in [0.1, 0.15) is 18.6 Å². The Hall–Kier alpha value is -0.580. The number of ether oxygens (including phenoxy) is 1. The van der Waals surface area contributed by atoms with Gasteiger partial charge in [0.05, 0.1) is 17.7 Å². The van der Waals surface area contributed by atoms with Crippen LogP contribution in [0.3, 0.4) is 0 Å². The van der Waals surface area contributed by atoms with Crippen LogP contribution in [0.15, 0.2) is 23.4 Å². The number of methoxy groups -OCH3 is 1. The van der Waals surface area contributed by atoms with Crippen molar-refractivity contribution in [2.24, 2.45) is 0 Å². The van der Waals surface area contributed by atoms with Gasteiger partial charge in [-0.15, -0.1) is 11.8 Å². The Morgan fingerprint density at radius 3 is 2.86 bits per heavy atom. The number of aliphatic hydroxyl groups excluding tert-OH is 1. The van der Waals surface area contributed by atoms with Crippen molar-refractivity contribution >= 4 is 11.8 Å². The Bertz CT molecular complexity index is 261. The van der Waals surface area contributed by atoms with E-state index in [2.05, 4.69) is 4.98 Å². The van der Waals surface area contributed by atoms with Gasteiger partial charge in [-0.3, -0.25) is 0 Å². The van der Waals surface area contributed by atoms with Crippen molar-refractivity contribution in [2.75, 3.05) is 19.5 Å². The standard InChI is InChI=1S/C10H15NO2S/c1-8(12)9-3-4-10(11-7-9)14-6-5-13-2/h3-4,7-8,12H,5-6H2,1-2H3/t8-/m0/s1. The van der Waals surface area contributed by atoms with E-state index in [1.165, 1.54) is 0 Å². The molecule has 0 fully saturated rings. The molecule has 14 heavy (non-hydrogen) atoms. The number of aliphatic hydroxyl groups is 1. The van der Waals surface area contributed by atoms with Crippen molar-refractivity contribution in [3.05, 3.63) is 23.9 Å². The zero-order chi connectivity index (χ0) is 10.4. The number of hydrogen-bond donors (Lipinski definition) is 1. The largest absolute Gasteiger partial charge is 0.389 e. The monoisotopic (exact) mass is 213 g/mol. The van der Waals surface area contributed by atoms with Gasteiger partial charge in [0.2, 0.25) is 0 Å². The van der Waals surface area contributed by atoms with Gasteiger partial charge < -0.3 is 9.84 Å². The number of thioether (sulfide) groups is 1. The van der Waals surface area contributed by atoms with Crippen LogP contribution in [-0.4, -0.2) is 29.6 Å². The molecule has 3 nitrogen and oxygen atoms in total. The van der Waals surface area contributed by atoms with Gasteiger partial charge >= 0.3 is 0 Å². The summed E-state index contributed by atoms with van der Waals surface area (Å²) in [5.74, 6) is 0.900. The van der Waals surface area contributed by atoms with Crippen LogP contribution in [0.5, 0.6) is 0 Å². The van der Waals surface area contributed by atoms with E-state index in [1.807, 2.05) is 12.1 Å². The van der Waals surface area contributed by atoms with E-state index in [4.69, 9.17) is 4.74 Å². The lowest BCUT2D eigenvalue weighted by atomic mass is 10.2. The maximum atomic E-state index is 9.26. The average molecular weight is 213 g/mol. The molecule has 0 aromatic carbocycles. The van der Waals surface area contributed by atoms with Crippen LogP contribution in [0.25, 0.3) is 0 Å². The smallest absolute Gasteiger partial charge is 0.0960 e. The summed E-state index contributed by atoms with van der Waals surface area (Å²) in [5.41, 5.74) is 0.848. The molecular weight excluding hydrogens is 198 g/mol. The molecule has 4 heteroatoms. The Kier molecular flexibility index (Phi) is 4.93. The minimum atomic E-state index is -0.444. The van der Waals surface area contributed by atoms with Crippen molar-refractivity contribution in [1.29, 1.82) is 0 Å². The highest BCUT2D eigenvalue weighted by Gasteiger charge is 2.01. The highest BCUT2D eigenvalue weighted by molar-refractivity contribution is 7.99. The number of hydrogen-bond acceptors (Lipinski definition) is 4. The lowest BCUT2D eigenvalue weighted by Crippen LogP contribution is -1.94. The molecule has 0 unspecified atom stereocenters. The molecule has 1 aromatic rings. The molecule has 0 spiro atoms. The van der Waals surface area contributed by atoms with Gasteiger partial charge in [-0.2, -0.15) is 0 Å². The Labute approximate surface area is 88.5 Å². The number of aromatic nitrogens is 1. The van der Waals surface area contributed by atoms with Gasteiger partial charge in [-0.05, 0) is 18.6 Å². The van der Waals surface area contributed by atoms with Crippen molar-refractivity contribution in [2.45, 2.75) is 18.1 Å². The van der Waals surface area contributed by atoms with Crippen LogP contribution in [0.4, 0.5) is 0 Å². The van der Waals surface area contributed by atoms with E-state index in [0.29, 0.717) is 0 Å². The zero-order valence-electron chi connectivity index (χ0n) is 8.43. The molecule has 1 rings (SSSR count). The molecule has 1 aromatic heterocycles. The minimum absolute atomic E-state index is 0.444. The third-order valence-corrected chi connectivity index (χ3v) is 2.69. The summed E-state index contributed by atoms with van der Waals surface area (Å²) >= 11 is 1.65. The molecule has 0 aliphatic carbocycles. The molecular formula is C10H15NO2S. The molecule has 0 bridgehead atoms. The first kappa shape index (κ1) is 11.5. The molecule has 0 radical (unpaired) electrons. The fraction of sp³-hybridized carbons (Fsp3) is 0.500. The van der Waals surface area contributed by atoms with Crippen LogP contribution in [-0.2, 0) is 4.74 Å². The van der Waals surface area contributed by atoms with Crippen molar-refractivity contribution in [3.8, 4) is 0 Å². The lowest BCUT2D eigenvalue weighted by molar-refractivity contribution is 0.198. The predicted octanol–water partition coefficient (Wildman–Crippen LogP) is 1.87. The third kappa shape index (κ3) is 3.65. The molecule has 0 saturated heterocycles. The Balaban J connectivity index is 2.47. The SMILES string of the molecule is COCCSc1ccc([C@H](C)O)cn1. The summed E-state index contributed by atoms with van der Waals surface area (Å²) < 4.78 is 4.94. The van der Waals surface area contributed by atoms with Crippen LogP contribution in [0.2, 0.25) is 0 Å². The average Bonchev–Trinajstić information content (AvgIpc) is 2.19. The maximum absolute atomic E-state index is 9.26. The summed E-state index contributed by atoms with van der Waals surface area (Å²) in [4.78, 5) is 4.22. The van der Waals surface area contributed by atoms with Gasteiger partial charge in [-0.25, -0.2) is 4.98 Å². The fourth-order valence-corrected chi connectivity index (χ4v) is 1.70. The Morgan fingerprint density at radius 2 is 2.36 bits per heavy atom. The molecule has 78 valence electrons. The summed E-state index contributed by atoms with van der Waals surface area (Å²) in [6, 6.07) is 3.81. The van der Waals surface area contributed by atoms with E-state index in [-0.39, 0.29) is 0 Å². The second-order valence-corrected chi connectivity index (χ2v) is 4.06. The van der Waals surface area contributed by atoms with E-state index < -0.39 is 6.10 Å². The third-order valence-electron chi connectivity index (χ3n) is 1.78. The van der Waals surface area contributed by atoms with E-state index in [1.54, 1.807) is 32.0 Å². The molecule has 0 saturated carbocycles. The van der Waals surface area contributed by atoms with Crippen molar-refractivity contribution in [3.63, 3.8) is 0 Å². The van der Waals surface area contributed by atoms with E-state index in [9.17, 15) is 5.11 Å². The summed E-state index contributed by atoms with van der Waals surface area (Å²) in [6.45, 7) is 2.46. The highest BCUT2D eigenvalue weighted by atomic mass is 32.2. The zero-order valence-corrected chi connectivity index (χ0v) is 9.25. The van der Waals surface area contributed by atoms with Gasteiger partial charge in [0.15, 0.2) is 0 Å². The minimum Gasteiger partial charge on any atom is -0.389 e.